The summed E-state index contributed by atoms with van der Waals surface area (Å²) in [5.74, 6) is -4.08. The Balaban J connectivity index is 0. The molecule has 0 bridgehead atoms. The number of aliphatic carboxylic acids is 4. The third kappa shape index (κ3) is 20.1. The maximum Gasteiger partial charge on any atom is 0.317 e. The number of aliphatic hydroxyl groups is 5. The number of carboxylic acid groups (broad SMARTS) is 4. The largest absolute Gasteiger partial charge is 0.480 e. The minimum Gasteiger partial charge on any atom is -0.480 e. The minimum absolute atomic E-state index is 0. The predicted octanol–water partition coefficient (Wildman–Crippen LogP) is -5.83. The summed E-state index contributed by atoms with van der Waals surface area (Å²) in [5, 5.41) is 79.8. The molecule has 41 heavy (non-hydrogen) atoms. The van der Waals surface area contributed by atoms with Gasteiger partial charge in [-0.2, -0.15) is 0 Å². The molecule has 1 aliphatic heterocycles. The monoisotopic (exact) mass is 748 g/mol. The van der Waals surface area contributed by atoms with Crippen LogP contribution in [0.15, 0.2) is 0 Å². The molecular weight excluding hydrogens is 707 g/mol. The van der Waals surface area contributed by atoms with Crippen molar-refractivity contribution < 1.29 is 108 Å². The van der Waals surface area contributed by atoms with E-state index in [-0.39, 0.29) is 70.6 Å². The molecule has 0 aliphatic carbocycles. The van der Waals surface area contributed by atoms with Gasteiger partial charge in [0.1, 0.15) is 24.4 Å². The molecule has 4 atom stereocenters. The van der Waals surface area contributed by atoms with Gasteiger partial charge in [-0.05, 0) is 0 Å². The SMILES string of the molecule is O=C(O)CN1CCN(CC(=O)O)CCN(CC(=O)O)CCN(CC(=O)O)CC1.O=CC(O)C(O)C(O)C(O)CO.[Dy]. The Labute approximate surface area is 266 Å². The van der Waals surface area contributed by atoms with Crippen LogP contribution >= 0.6 is 0 Å². The van der Waals surface area contributed by atoms with Crippen LogP contribution < -0.4 is 0 Å². The Morgan fingerprint density at radius 2 is 0.805 bits per heavy atom. The van der Waals surface area contributed by atoms with Crippen molar-refractivity contribution in [3.8, 4) is 0 Å². The van der Waals surface area contributed by atoms with Crippen molar-refractivity contribution in [2.24, 2.45) is 0 Å². The van der Waals surface area contributed by atoms with E-state index in [1.54, 1.807) is 19.6 Å². The molecule has 1 rings (SSSR count). The van der Waals surface area contributed by atoms with Crippen LogP contribution in [0.5, 0.6) is 0 Å². The molecule has 0 spiro atoms. The van der Waals surface area contributed by atoms with E-state index < -0.39 is 54.9 Å². The molecule has 0 saturated carbocycles. The molecule has 0 aromatic heterocycles. The predicted molar refractivity (Wildman–Crippen MR) is 133 cm³/mol. The third-order valence-corrected chi connectivity index (χ3v) is 5.79. The summed E-state index contributed by atoms with van der Waals surface area (Å²) in [6.07, 6.45) is -6.84. The Bertz CT molecular complexity index is 698. The summed E-state index contributed by atoms with van der Waals surface area (Å²) in [7, 11) is 0. The number of hydrogen-bond acceptors (Lipinski definition) is 14. The van der Waals surface area contributed by atoms with Crippen LogP contribution in [0.25, 0.3) is 0 Å². The second kappa shape index (κ2) is 23.0. The van der Waals surface area contributed by atoms with E-state index in [0.29, 0.717) is 52.4 Å². The molecule has 18 nitrogen and oxygen atoms in total. The number of carboxylic acids is 4. The van der Waals surface area contributed by atoms with E-state index in [1.165, 1.54) is 0 Å². The van der Waals surface area contributed by atoms with Gasteiger partial charge in [-0.3, -0.25) is 38.8 Å². The molecule has 1 saturated heterocycles. The first-order valence-electron chi connectivity index (χ1n) is 12.2. The van der Waals surface area contributed by atoms with Crippen molar-refractivity contribution in [3.63, 3.8) is 0 Å². The van der Waals surface area contributed by atoms with Gasteiger partial charge in [0, 0.05) is 90.5 Å². The topological polar surface area (TPSA) is 280 Å². The van der Waals surface area contributed by atoms with Crippen LogP contribution in [0.2, 0.25) is 0 Å². The van der Waals surface area contributed by atoms with Gasteiger partial charge in [0.05, 0.1) is 32.8 Å². The smallest absolute Gasteiger partial charge is 0.317 e. The van der Waals surface area contributed by atoms with Gasteiger partial charge in [0.15, 0.2) is 6.29 Å². The molecule has 1 aliphatic rings. The van der Waals surface area contributed by atoms with Crippen LogP contribution in [-0.4, -0.2) is 205 Å². The molecule has 1 heterocycles. The fourth-order valence-corrected chi connectivity index (χ4v) is 3.59. The second-order valence-corrected chi connectivity index (χ2v) is 9.04. The van der Waals surface area contributed by atoms with E-state index >= 15 is 0 Å². The molecule has 4 unspecified atom stereocenters. The average Bonchev–Trinajstić information content (AvgIpc) is 2.87. The maximum atomic E-state index is 11.1. The normalized spacial score (nSPS) is 19.4. The zero-order valence-electron chi connectivity index (χ0n) is 22.3. The summed E-state index contributed by atoms with van der Waals surface area (Å²) < 4.78 is 0. The molecule has 19 heteroatoms. The number of aliphatic hydroxyl groups excluding tert-OH is 5. The van der Waals surface area contributed by atoms with E-state index in [1.807, 2.05) is 0 Å². The Hall–Kier alpha value is -1.54. The van der Waals surface area contributed by atoms with Gasteiger partial charge in [0.2, 0.25) is 0 Å². The molecule has 0 aromatic rings. The first-order valence-corrected chi connectivity index (χ1v) is 12.2. The van der Waals surface area contributed by atoms with Crippen LogP contribution in [-0.2, 0) is 24.0 Å². The van der Waals surface area contributed by atoms with Crippen molar-refractivity contribution in [2.75, 3.05) is 85.1 Å². The molecule has 242 valence electrons. The van der Waals surface area contributed by atoms with Gasteiger partial charge in [-0.25, -0.2) is 0 Å². The van der Waals surface area contributed by atoms with Crippen molar-refractivity contribution in [2.45, 2.75) is 24.4 Å². The number of carbonyl (C=O) groups is 5. The van der Waals surface area contributed by atoms with Gasteiger partial charge in [0.25, 0.3) is 0 Å². The minimum atomic E-state index is -1.79. The van der Waals surface area contributed by atoms with Crippen LogP contribution in [0, 0.1) is 38.2 Å². The van der Waals surface area contributed by atoms with Gasteiger partial charge in [-0.15, -0.1) is 0 Å². The fourth-order valence-electron chi connectivity index (χ4n) is 3.59. The number of hydrogen-bond donors (Lipinski definition) is 9. The molecule has 1 fully saturated rings. The first kappa shape index (κ1) is 41.6. The van der Waals surface area contributed by atoms with Gasteiger partial charge >= 0.3 is 23.9 Å². The number of carbonyl (C=O) groups excluding carboxylic acids is 1. The molecule has 9 N–H and O–H groups in total. The second-order valence-electron chi connectivity index (χ2n) is 9.04. The van der Waals surface area contributed by atoms with E-state index in [4.69, 9.17) is 46.0 Å². The third-order valence-electron chi connectivity index (χ3n) is 5.79. The van der Waals surface area contributed by atoms with Crippen LogP contribution in [0.1, 0.15) is 0 Å². The van der Waals surface area contributed by atoms with Crippen molar-refractivity contribution in [3.05, 3.63) is 0 Å². The maximum absolute atomic E-state index is 11.1. The Kier molecular flexibility index (Phi) is 23.3. The summed E-state index contributed by atoms with van der Waals surface area (Å²) in [6, 6.07) is 0. The average molecular weight is 747 g/mol. The Morgan fingerprint density at radius 3 is 0.976 bits per heavy atom. The summed E-state index contributed by atoms with van der Waals surface area (Å²) in [6.45, 7) is 0.763. The molecular formula is C22H40DyN4O14. The van der Waals surface area contributed by atoms with E-state index in [0.717, 1.165) is 0 Å². The fraction of sp³-hybridized carbons (Fsp3) is 0.773. The summed E-state index contributed by atoms with van der Waals surface area (Å²) in [5.41, 5.74) is 0. The first-order chi connectivity index (χ1) is 18.7. The van der Waals surface area contributed by atoms with Crippen molar-refractivity contribution in [1.82, 2.24) is 19.6 Å². The van der Waals surface area contributed by atoms with Crippen molar-refractivity contribution >= 4 is 30.2 Å². The molecule has 0 amide bonds. The van der Waals surface area contributed by atoms with Crippen LogP contribution in [0.4, 0.5) is 0 Å². The Morgan fingerprint density at radius 1 is 0.561 bits per heavy atom. The summed E-state index contributed by atoms with van der Waals surface area (Å²) >= 11 is 0. The van der Waals surface area contributed by atoms with E-state index in [9.17, 15) is 24.0 Å². The van der Waals surface area contributed by atoms with Crippen LogP contribution in [0.3, 0.4) is 0 Å². The van der Waals surface area contributed by atoms with Crippen molar-refractivity contribution in [1.29, 1.82) is 0 Å². The molecule has 0 aromatic carbocycles. The van der Waals surface area contributed by atoms with Gasteiger partial charge in [-0.1, -0.05) is 0 Å². The molecule has 0 radical (unpaired) electrons. The number of nitrogens with zero attached hydrogens (tertiary/aromatic N) is 4. The number of rotatable bonds is 13. The standard InChI is InChI=1S/C16H28N4O8.C6H12O6.Dy/c21-13(22)9-17-1-2-18(10-14(23)24)5-6-20(12-16(27)28)8-7-19(4-3-17)11-15(25)26;7-1-3(9)5(11)6(12)4(10)2-8;/h1-12H2,(H,21,22)(H,23,24)(H,25,26)(H,27,28);1,3-6,8-12H,2H2;. The quantitative estimate of drug-likeness (QED) is 0.0794. The zero-order valence-corrected chi connectivity index (χ0v) is 24.3. The number of aldehydes is 1. The summed E-state index contributed by atoms with van der Waals surface area (Å²) in [4.78, 5) is 60.8. The van der Waals surface area contributed by atoms with Gasteiger partial charge < -0.3 is 50.8 Å². The zero-order chi connectivity index (χ0) is 30.8. The van der Waals surface area contributed by atoms with E-state index in [2.05, 4.69) is 0 Å².